The van der Waals surface area contributed by atoms with Crippen LogP contribution in [0.1, 0.15) is 38.5 Å². The monoisotopic (exact) mass is 221 g/mol. The van der Waals surface area contributed by atoms with Crippen molar-refractivity contribution < 1.29 is 0 Å². The van der Waals surface area contributed by atoms with E-state index in [-0.39, 0.29) is 0 Å². The zero-order chi connectivity index (χ0) is 11.3. The van der Waals surface area contributed by atoms with Crippen molar-refractivity contribution in [1.82, 2.24) is 0 Å². The summed E-state index contributed by atoms with van der Waals surface area (Å²) >= 11 is 1.80. The summed E-state index contributed by atoms with van der Waals surface area (Å²) in [6.45, 7) is 6.09. The molecule has 1 aliphatic rings. The molecule has 0 saturated heterocycles. The van der Waals surface area contributed by atoms with E-state index >= 15 is 0 Å². The second-order valence-corrected chi connectivity index (χ2v) is 4.30. The molecule has 2 N–H and O–H groups in total. The van der Waals surface area contributed by atoms with E-state index in [1.807, 2.05) is 13.8 Å². The van der Waals surface area contributed by atoms with Gasteiger partial charge in [-0.2, -0.15) is 0 Å². The number of rotatable bonds is 1. The van der Waals surface area contributed by atoms with Gasteiger partial charge in [-0.1, -0.05) is 26.0 Å². The fourth-order valence-electron chi connectivity index (χ4n) is 1.55. The Morgan fingerprint density at radius 3 is 2.53 bits per heavy atom. The van der Waals surface area contributed by atoms with Gasteiger partial charge < -0.3 is 5.73 Å². The van der Waals surface area contributed by atoms with Gasteiger partial charge in [-0.25, -0.2) is 0 Å². The molecule has 2 rings (SSSR count). The molecular weight excluding hydrogens is 202 g/mol. The number of hydrogen-bond acceptors (Lipinski definition) is 2. The molecule has 0 radical (unpaired) electrons. The third-order valence-corrected chi connectivity index (χ3v) is 3.34. The van der Waals surface area contributed by atoms with E-state index in [0.29, 0.717) is 0 Å². The first kappa shape index (κ1) is 12.1. The van der Waals surface area contributed by atoms with Crippen LogP contribution in [-0.2, 0) is 0 Å². The average molecular weight is 221 g/mol. The van der Waals surface area contributed by atoms with Crippen molar-refractivity contribution in [3.05, 3.63) is 39.7 Å². The Hall–Kier alpha value is -1.02. The van der Waals surface area contributed by atoms with Crippen molar-refractivity contribution in [2.75, 3.05) is 0 Å². The first-order valence-electron chi connectivity index (χ1n) is 5.47. The van der Waals surface area contributed by atoms with Crippen LogP contribution in [0.3, 0.4) is 0 Å². The summed E-state index contributed by atoms with van der Waals surface area (Å²) in [5.41, 5.74) is 9.54. The molecule has 1 heterocycles. The quantitative estimate of drug-likeness (QED) is 0.756. The van der Waals surface area contributed by atoms with Gasteiger partial charge >= 0.3 is 0 Å². The van der Waals surface area contributed by atoms with Crippen molar-refractivity contribution >= 4 is 16.9 Å². The molecule has 1 aromatic heterocycles. The minimum Gasteiger partial charge on any atom is -0.402 e. The van der Waals surface area contributed by atoms with Gasteiger partial charge in [0.15, 0.2) is 0 Å². The first-order chi connectivity index (χ1) is 7.27. The maximum absolute atomic E-state index is 5.83. The van der Waals surface area contributed by atoms with Crippen molar-refractivity contribution in [2.45, 2.75) is 33.6 Å². The van der Waals surface area contributed by atoms with E-state index in [2.05, 4.69) is 30.5 Å². The molecule has 0 aliphatic heterocycles. The highest BCUT2D eigenvalue weighted by Gasteiger charge is 2.09. The highest BCUT2D eigenvalue weighted by molar-refractivity contribution is 7.11. The molecule has 0 bridgehead atoms. The van der Waals surface area contributed by atoms with E-state index in [0.717, 1.165) is 18.5 Å². The molecule has 82 valence electrons. The average Bonchev–Trinajstić information content (AvgIpc) is 2.78. The van der Waals surface area contributed by atoms with Crippen molar-refractivity contribution in [3.8, 4) is 0 Å². The summed E-state index contributed by atoms with van der Waals surface area (Å²) in [4.78, 5) is 1.38. The normalized spacial score (nSPS) is 15.5. The topological polar surface area (TPSA) is 26.0 Å². The second-order valence-electron chi connectivity index (χ2n) is 3.36. The molecule has 1 aliphatic carbocycles. The Bertz CT molecular complexity index is 358. The molecule has 0 fully saturated rings. The lowest BCUT2D eigenvalue weighted by Gasteiger charge is -2.14. The highest BCUT2D eigenvalue weighted by Crippen LogP contribution is 2.30. The van der Waals surface area contributed by atoms with Crippen molar-refractivity contribution in [1.29, 1.82) is 0 Å². The molecule has 1 nitrogen and oxygen atoms in total. The van der Waals surface area contributed by atoms with Gasteiger partial charge in [0.05, 0.1) is 0 Å². The van der Waals surface area contributed by atoms with Crippen molar-refractivity contribution in [3.63, 3.8) is 0 Å². The van der Waals surface area contributed by atoms with Crippen LogP contribution in [-0.4, -0.2) is 0 Å². The van der Waals surface area contributed by atoms with Gasteiger partial charge in [-0.15, -0.1) is 11.3 Å². The highest BCUT2D eigenvalue weighted by atomic mass is 32.1. The molecule has 0 aromatic carbocycles. The van der Waals surface area contributed by atoms with Crippen LogP contribution >= 0.6 is 11.3 Å². The molecule has 0 spiro atoms. The molecule has 0 atom stereocenters. The number of hydrogen-bond donors (Lipinski definition) is 1. The van der Waals surface area contributed by atoms with Crippen LogP contribution in [0.2, 0.25) is 0 Å². The Kier molecular flexibility index (Phi) is 4.63. The maximum atomic E-state index is 5.83. The Morgan fingerprint density at radius 1 is 1.27 bits per heavy atom. The van der Waals surface area contributed by atoms with Crippen LogP contribution in [0.4, 0.5) is 0 Å². The summed E-state index contributed by atoms with van der Waals surface area (Å²) in [6.07, 6.45) is 4.31. The number of nitrogens with two attached hydrogens (primary N) is 1. The first-order valence-corrected chi connectivity index (χ1v) is 6.35. The predicted octanol–water partition coefficient (Wildman–Crippen LogP) is 4.18. The van der Waals surface area contributed by atoms with Gasteiger partial charge in [0.2, 0.25) is 0 Å². The summed E-state index contributed by atoms with van der Waals surface area (Å²) < 4.78 is 0. The minimum absolute atomic E-state index is 1.01. The third-order valence-electron chi connectivity index (χ3n) is 2.40. The largest absolute Gasteiger partial charge is 0.402 e. The van der Waals surface area contributed by atoms with Gasteiger partial charge in [0.1, 0.15) is 0 Å². The summed E-state index contributed by atoms with van der Waals surface area (Å²) in [5.74, 6) is 0. The molecule has 0 unspecified atom stereocenters. The Morgan fingerprint density at radius 2 is 2.00 bits per heavy atom. The predicted molar refractivity (Wildman–Crippen MR) is 69.8 cm³/mol. The van der Waals surface area contributed by atoms with E-state index in [9.17, 15) is 0 Å². The second kappa shape index (κ2) is 5.76. The van der Waals surface area contributed by atoms with E-state index in [1.54, 1.807) is 11.3 Å². The molecule has 1 aromatic rings. The number of allylic oxidation sites excluding steroid dienone is 4. The Balaban J connectivity index is 0.000000531. The summed E-state index contributed by atoms with van der Waals surface area (Å²) in [6, 6.07) is 4.27. The minimum atomic E-state index is 1.01. The van der Waals surface area contributed by atoms with Gasteiger partial charge in [-0.05, 0) is 42.4 Å². The standard InChI is InChI=1S/C11H13NS.C2H6/c1-8-7-9(4-5-10(8)12)11-3-2-6-13-11;1-2/h2-3,6-7H,4-5,12H2,1H3;1-2H3. The maximum Gasteiger partial charge on any atom is 0.0302 e. The fourth-order valence-corrected chi connectivity index (χ4v) is 2.32. The molecule has 2 heteroatoms. The molecule has 0 saturated carbocycles. The summed E-state index contributed by atoms with van der Waals surface area (Å²) in [5, 5.41) is 2.12. The lowest BCUT2D eigenvalue weighted by atomic mass is 9.97. The summed E-state index contributed by atoms with van der Waals surface area (Å²) in [7, 11) is 0. The fraction of sp³-hybridized carbons (Fsp3) is 0.385. The Labute approximate surface area is 96.3 Å². The van der Waals surface area contributed by atoms with Crippen molar-refractivity contribution in [2.24, 2.45) is 5.73 Å². The number of thiophene rings is 1. The van der Waals surface area contributed by atoms with Crippen LogP contribution in [0, 0.1) is 0 Å². The van der Waals surface area contributed by atoms with Crippen LogP contribution in [0.15, 0.2) is 34.9 Å². The van der Waals surface area contributed by atoms with Gasteiger partial charge in [0.25, 0.3) is 0 Å². The van der Waals surface area contributed by atoms with Crippen LogP contribution in [0.5, 0.6) is 0 Å². The van der Waals surface area contributed by atoms with Gasteiger partial charge in [-0.3, -0.25) is 0 Å². The van der Waals surface area contributed by atoms with Crippen LogP contribution in [0.25, 0.3) is 5.57 Å². The van der Waals surface area contributed by atoms with E-state index in [1.165, 1.54) is 16.0 Å². The van der Waals surface area contributed by atoms with E-state index in [4.69, 9.17) is 5.73 Å². The zero-order valence-electron chi connectivity index (χ0n) is 9.71. The SMILES string of the molecule is CC.CC1=C(N)CCC(c2cccs2)=C1. The van der Waals surface area contributed by atoms with Crippen LogP contribution < -0.4 is 5.73 Å². The lowest BCUT2D eigenvalue weighted by molar-refractivity contribution is 0.938. The zero-order valence-corrected chi connectivity index (χ0v) is 10.5. The molecular formula is C13H19NS. The molecule has 0 amide bonds. The lowest BCUT2D eigenvalue weighted by Crippen LogP contribution is -2.04. The van der Waals surface area contributed by atoms with E-state index < -0.39 is 0 Å². The van der Waals surface area contributed by atoms with Gasteiger partial charge in [0, 0.05) is 10.6 Å². The molecule has 15 heavy (non-hydrogen) atoms. The smallest absolute Gasteiger partial charge is 0.0302 e. The third kappa shape index (κ3) is 2.96.